The van der Waals surface area contributed by atoms with Crippen LogP contribution in [0.5, 0.6) is 0 Å². The highest BCUT2D eigenvalue weighted by molar-refractivity contribution is 14.0. The van der Waals surface area contributed by atoms with E-state index >= 15 is 0 Å². The Labute approximate surface area is 211 Å². The van der Waals surface area contributed by atoms with E-state index < -0.39 is 0 Å². The molecule has 176 valence electrons. The predicted octanol–water partition coefficient (Wildman–Crippen LogP) is 3.66. The molecule has 1 amide bonds. The van der Waals surface area contributed by atoms with Gasteiger partial charge in [-0.1, -0.05) is 42.5 Å². The van der Waals surface area contributed by atoms with Gasteiger partial charge in [0, 0.05) is 24.6 Å². The molecule has 0 saturated heterocycles. The minimum Gasteiger partial charge on any atom is -0.467 e. The average molecular weight is 562 g/mol. The molecule has 1 heterocycles. The van der Waals surface area contributed by atoms with E-state index in [1.165, 1.54) is 0 Å². The van der Waals surface area contributed by atoms with Crippen LogP contribution in [-0.2, 0) is 13.1 Å². The Morgan fingerprint density at radius 3 is 2.55 bits per heavy atom. The van der Waals surface area contributed by atoms with E-state index in [9.17, 15) is 9.90 Å². The third kappa shape index (κ3) is 8.54. The summed E-state index contributed by atoms with van der Waals surface area (Å²) in [6.07, 6.45) is 1.58. The summed E-state index contributed by atoms with van der Waals surface area (Å²) in [5, 5.41) is 19.2. The normalized spacial score (nSPS) is 11.9. The SMILES string of the molecule is CCNC(=NCc1cccc(C(=O)NCc2ccco2)c1)NCC(CO)c1ccccc1.I. The molecular formula is C25H31IN4O3. The number of hydrogen-bond acceptors (Lipinski definition) is 4. The van der Waals surface area contributed by atoms with Gasteiger partial charge in [0.15, 0.2) is 5.96 Å². The van der Waals surface area contributed by atoms with Crippen molar-refractivity contribution in [1.29, 1.82) is 0 Å². The van der Waals surface area contributed by atoms with Gasteiger partial charge in [-0.2, -0.15) is 0 Å². The monoisotopic (exact) mass is 562 g/mol. The number of nitrogens with one attached hydrogen (secondary N) is 3. The Bertz CT molecular complexity index is 994. The molecule has 3 rings (SSSR count). The van der Waals surface area contributed by atoms with Gasteiger partial charge in [-0.05, 0) is 42.3 Å². The maximum Gasteiger partial charge on any atom is 0.251 e. The lowest BCUT2D eigenvalue weighted by Crippen LogP contribution is -2.39. The smallest absolute Gasteiger partial charge is 0.251 e. The molecule has 7 nitrogen and oxygen atoms in total. The van der Waals surface area contributed by atoms with E-state index in [-0.39, 0.29) is 42.4 Å². The van der Waals surface area contributed by atoms with Crippen molar-refractivity contribution >= 4 is 35.8 Å². The topological polar surface area (TPSA) is 98.9 Å². The lowest BCUT2D eigenvalue weighted by Gasteiger charge is -2.18. The van der Waals surface area contributed by atoms with Crippen LogP contribution in [-0.4, -0.2) is 36.7 Å². The maximum absolute atomic E-state index is 12.4. The zero-order valence-corrected chi connectivity index (χ0v) is 21.0. The Kier molecular flexibility index (Phi) is 11.5. The molecule has 1 unspecified atom stereocenters. The number of carbonyl (C=O) groups excluding carboxylic acids is 1. The molecule has 0 aliphatic rings. The summed E-state index contributed by atoms with van der Waals surface area (Å²) >= 11 is 0. The Hall–Kier alpha value is -2.85. The van der Waals surface area contributed by atoms with Gasteiger partial charge in [-0.15, -0.1) is 24.0 Å². The summed E-state index contributed by atoms with van der Waals surface area (Å²) in [6, 6.07) is 20.9. The Balaban J connectivity index is 0.00000385. The zero-order valence-electron chi connectivity index (χ0n) is 18.7. The van der Waals surface area contributed by atoms with Crippen LogP contribution in [0.3, 0.4) is 0 Å². The van der Waals surface area contributed by atoms with Crippen LogP contribution >= 0.6 is 24.0 Å². The van der Waals surface area contributed by atoms with Gasteiger partial charge in [0.25, 0.3) is 5.91 Å². The molecule has 0 aliphatic heterocycles. The summed E-state index contributed by atoms with van der Waals surface area (Å²) in [5.74, 6) is 1.18. The molecule has 0 bridgehead atoms. The number of aliphatic imine (C=N–C) groups is 1. The molecule has 0 spiro atoms. The number of hydrogen-bond donors (Lipinski definition) is 4. The van der Waals surface area contributed by atoms with Crippen LogP contribution in [0.15, 0.2) is 82.4 Å². The third-order valence-electron chi connectivity index (χ3n) is 4.96. The second kappa shape index (κ2) is 14.3. The number of nitrogens with zero attached hydrogens (tertiary/aromatic N) is 1. The second-order valence-corrected chi connectivity index (χ2v) is 7.33. The molecule has 0 saturated carbocycles. The van der Waals surface area contributed by atoms with Crippen LogP contribution in [0.2, 0.25) is 0 Å². The fourth-order valence-corrected chi connectivity index (χ4v) is 3.24. The lowest BCUT2D eigenvalue weighted by molar-refractivity contribution is 0.0948. The molecule has 0 radical (unpaired) electrons. The first-order valence-corrected chi connectivity index (χ1v) is 10.8. The van der Waals surface area contributed by atoms with Crippen LogP contribution in [0, 0.1) is 0 Å². The van der Waals surface area contributed by atoms with Crippen molar-refractivity contribution < 1.29 is 14.3 Å². The van der Waals surface area contributed by atoms with Crippen LogP contribution in [0.4, 0.5) is 0 Å². The number of amides is 1. The minimum absolute atomic E-state index is 0. The summed E-state index contributed by atoms with van der Waals surface area (Å²) in [5.41, 5.74) is 2.58. The van der Waals surface area contributed by atoms with Crippen LogP contribution in [0.25, 0.3) is 0 Å². The van der Waals surface area contributed by atoms with Crippen molar-refractivity contribution in [2.24, 2.45) is 4.99 Å². The molecule has 4 N–H and O–H groups in total. The Morgan fingerprint density at radius 1 is 1.03 bits per heavy atom. The summed E-state index contributed by atoms with van der Waals surface area (Å²) in [7, 11) is 0. The first-order chi connectivity index (χ1) is 15.7. The summed E-state index contributed by atoms with van der Waals surface area (Å²) in [6.45, 7) is 4.09. The van der Waals surface area contributed by atoms with Gasteiger partial charge < -0.3 is 25.5 Å². The van der Waals surface area contributed by atoms with Gasteiger partial charge in [0.1, 0.15) is 5.76 Å². The van der Waals surface area contributed by atoms with Crippen molar-refractivity contribution in [2.75, 3.05) is 19.7 Å². The van der Waals surface area contributed by atoms with Crippen LogP contribution < -0.4 is 16.0 Å². The Morgan fingerprint density at radius 2 is 1.85 bits per heavy atom. The number of carbonyl (C=O) groups is 1. The van der Waals surface area contributed by atoms with E-state index in [4.69, 9.17) is 4.42 Å². The number of furan rings is 1. The first-order valence-electron chi connectivity index (χ1n) is 10.8. The number of rotatable bonds is 10. The van der Waals surface area contributed by atoms with Gasteiger partial charge in [0.2, 0.25) is 0 Å². The standard InChI is InChI=1S/C25H30N4O3.HI/c1-2-26-25(29-16-22(18-30)20-9-4-3-5-10-20)28-15-19-8-6-11-21(14-19)24(31)27-17-23-12-7-13-32-23;/h3-14,22,30H,2,15-18H2,1H3,(H,27,31)(H2,26,28,29);1H. The number of aliphatic hydroxyl groups excluding tert-OH is 1. The number of halogens is 1. The van der Waals surface area contributed by atoms with E-state index in [1.807, 2.05) is 61.5 Å². The van der Waals surface area contributed by atoms with E-state index in [2.05, 4.69) is 20.9 Å². The second-order valence-electron chi connectivity index (χ2n) is 7.33. The number of aliphatic hydroxyl groups is 1. The molecule has 2 aromatic carbocycles. The third-order valence-corrected chi connectivity index (χ3v) is 4.96. The first kappa shape index (κ1) is 26.4. The molecule has 1 aromatic heterocycles. The van der Waals surface area contributed by atoms with Gasteiger partial charge in [0.05, 0.1) is 26.0 Å². The lowest BCUT2D eigenvalue weighted by atomic mass is 10.0. The molecule has 1 atom stereocenters. The quantitative estimate of drug-likeness (QED) is 0.172. The largest absolute Gasteiger partial charge is 0.467 e. The predicted molar refractivity (Wildman–Crippen MR) is 141 cm³/mol. The van der Waals surface area contributed by atoms with Crippen molar-refractivity contribution in [1.82, 2.24) is 16.0 Å². The summed E-state index contributed by atoms with van der Waals surface area (Å²) < 4.78 is 5.25. The number of benzene rings is 2. The van der Waals surface area contributed by atoms with Crippen molar-refractivity contribution in [3.05, 3.63) is 95.4 Å². The van der Waals surface area contributed by atoms with Crippen LogP contribution in [0.1, 0.15) is 40.1 Å². The molecular weight excluding hydrogens is 531 g/mol. The molecule has 0 fully saturated rings. The summed E-state index contributed by atoms with van der Waals surface area (Å²) in [4.78, 5) is 17.1. The van der Waals surface area contributed by atoms with Crippen molar-refractivity contribution in [3.63, 3.8) is 0 Å². The highest BCUT2D eigenvalue weighted by Gasteiger charge is 2.11. The molecule has 3 aromatic rings. The highest BCUT2D eigenvalue weighted by Crippen LogP contribution is 2.13. The van der Waals surface area contributed by atoms with Crippen molar-refractivity contribution in [2.45, 2.75) is 25.9 Å². The van der Waals surface area contributed by atoms with E-state index in [0.717, 1.165) is 17.7 Å². The number of guanidine groups is 1. The van der Waals surface area contributed by atoms with E-state index in [0.29, 0.717) is 36.9 Å². The van der Waals surface area contributed by atoms with Crippen molar-refractivity contribution in [3.8, 4) is 0 Å². The molecule has 8 heteroatoms. The zero-order chi connectivity index (χ0) is 22.6. The highest BCUT2D eigenvalue weighted by atomic mass is 127. The fraction of sp³-hybridized carbons (Fsp3) is 0.280. The minimum atomic E-state index is -0.161. The molecule has 33 heavy (non-hydrogen) atoms. The van der Waals surface area contributed by atoms with Gasteiger partial charge >= 0.3 is 0 Å². The van der Waals surface area contributed by atoms with Gasteiger partial charge in [-0.25, -0.2) is 4.99 Å². The van der Waals surface area contributed by atoms with E-state index in [1.54, 1.807) is 18.4 Å². The average Bonchev–Trinajstić information content (AvgIpc) is 3.36. The fourth-order valence-electron chi connectivity index (χ4n) is 3.24. The van der Waals surface area contributed by atoms with Gasteiger partial charge in [-0.3, -0.25) is 4.79 Å². The maximum atomic E-state index is 12.4. The molecule has 0 aliphatic carbocycles.